The minimum absolute atomic E-state index is 0.295. The summed E-state index contributed by atoms with van der Waals surface area (Å²) in [6, 6.07) is 9.90. The van der Waals surface area contributed by atoms with Gasteiger partial charge in [-0.15, -0.1) is 0 Å². The Hall–Kier alpha value is -2.10. The van der Waals surface area contributed by atoms with Crippen LogP contribution in [0.3, 0.4) is 0 Å². The molecule has 0 amide bonds. The molecule has 0 aromatic heterocycles. The number of ether oxygens (including phenoxy) is 1. The topological polar surface area (TPSA) is 35.2 Å². The van der Waals surface area contributed by atoms with Crippen molar-refractivity contribution in [2.45, 2.75) is 0 Å². The van der Waals surface area contributed by atoms with Crippen molar-refractivity contribution in [3.05, 3.63) is 54.1 Å². The highest BCUT2D eigenvalue weighted by molar-refractivity contribution is 5.45. The zero-order valence-electron chi connectivity index (χ0n) is 8.28. The molecule has 2 rings (SSSR count). The number of anilines is 1. The minimum atomic E-state index is -0.748. The molecule has 0 bridgehead atoms. The van der Waals surface area contributed by atoms with Gasteiger partial charge in [0.2, 0.25) is 0 Å². The molecule has 2 aromatic carbocycles. The number of benzene rings is 2. The summed E-state index contributed by atoms with van der Waals surface area (Å²) in [5.74, 6) is -1.62. The number of rotatable bonds is 2. The summed E-state index contributed by atoms with van der Waals surface area (Å²) in [7, 11) is 0. The van der Waals surface area contributed by atoms with Crippen LogP contribution in [0.5, 0.6) is 11.5 Å². The van der Waals surface area contributed by atoms with Gasteiger partial charge in [-0.3, -0.25) is 0 Å². The first-order chi connectivity index (χ1) is 7.66. The van der Waals surface area contributed by atoms with E-state index >= 15 is 0 Å². The molecule has 82 valence electrons. The molecule has 16 heavy (non-hydrogen) atoms. The minimum Gasteiger partial charge on any atom is -0.451 e. The van der Waals surface area contributed by atoms with Crippen LogP contribution in [0.25, 0.3) is 0 Å². The Bertz CT molecular complexity index is 494. The van der Waals surface area contributed by atoms with E-state index in [4.69, 9.17) is 10.5 Å². The molecule has 0 unspecified atom stereocenters. The SMILES string of the molecule is Nc1cccc(Oc2c(F)cccc2F)c1. The molecule has 4 heteroatoms. The van der Waals surface area contributed by atoms with Gasteiger partial charge in [-0.05, 0) is 24.3 Å². The molecule has 2 N–H and O–H groups in total. The van der Waals surface area contributed by atoms with Crippen molar-refractivity contribution in [2.24, 2.45) is 0 Å². The molecular formula is C12H9F2NO. The van der Waals surface area contributed by atoms with Gasteiger partial charge in [0.15, 0.2) is 17.4 Å². The van der Waals surface area contributed by atoms with Crippen LogP contribution >= 0.6 is 0 Å². The first-order valence-electron chi connectivity index (χ1n) is 4.64. The summed E-state index contributed by atoms with van der Waals surface area (Å²) in [5, 5.41) is 0. The van der Waals surface area contributed by atoms with E-state index in [9.17, 15) is 8.78 Å². The second-order valence-electron chi connectivity index (χ2n) is 3.23. The first-order valence-corrected chi connectivity index (χ1v) is 4.64. The van der Waals surface area contributed by atoms with Gasteiger partial charge in [0.05, 0.1) is 0 Å². The molecule has 2 nitrogen and oxygen atoms in total. The van der Waals surface area contributed by atoms with Crippen LogP contribution < -0.4 is 10.5 Å². The second kappa shape index (κ2) is 4.18. The quantitative estimate of drug-likeness (QED) is 0.789. The summed E-state index contributed by atoms with van der Waals surface area (Å²) in [4.78, 5) is 0. The van der Waals surface area contributed by atoms with Gasteiger partial charge in [-0.1, -0.05) is 12.1 Å². The lowest BCUT2D eigenvalue weighted by atomic mass is 10.3. The highest BCUT2D eigenvalue weighted by Gasteiger charge is 2.10. The molecule has 0 aliphatic carbocycles. The first kappa shape index (κ1) is 10.4. The Balaban J connectivity index is 2.34. The smallest absolute Gasteiger partial charge is 0.198 e. The van der Waals surface area contributed by atoms with E-state index in [1.807, 2.05) is 0 Å². The lowest BCUT2D eigenvalue weighted by Gasteiger charge is -2.07. The molecular weight excluding hydrogens is 212 g/mol. The third-order valence-electron chi connectivity index (χ3n) is 2.00. The standard InChI is InChI=1S/C12H9F2NO/c13-10-5-2-6-11(14)12(10)16-9-4-1-3-8(15)7-9/h1-7H,15H2. The van der Waals surface area contributed by atoms with E-state index in [1.165, 1.54) is 12.1 Å². The van der Waals surface area contributed by atoms with Crippen molar-refractivity contribution in [3.8, 4) is 11.5 Å². The van der Waals surface area contributed by atoms with E-state index in [2.05, 4.69) is 0 Å². The fourth-order valence-corrected chi connectivity index (χ4v) is 1.28. The summed E-state index contributed by atoms with van der Waals surface area (Å²) < 4.78 is 31.6. The molecule has 0 aliphatic rings. The molecule has 0 heterocycles. The van der Waals surface area contributed by atoms with Crippen LogP contribution in [-0.2, 0) is 0 Å². The normalized spacial score (nSPS) is 10.1. The third-order valence-corrected chi connectivity index (χ3v) is 2.00. The molecule has 0 aliphatic heterocycles. The van der Waals surface area contributed by atoms with Crippen LogP contribution in [0.2, 0.25) is 0 Å². The lowest BCUT2D eigenvalue weighted by Crippen LogP contribution is -1.93. The van der Waals surface area contributed by atoms with E-state index in [1.54, 1.807) is 18.2 Å². The van der Waals surface area contributed by atoms with Crippen LogP contribution in [0, 0.1) is 11.6 Å². The van der Waals surface area contributed by atoms with Gasteiger partial charge in [0.1, 0.15) is 5.75 Å². The maximum atomic E-state index is 13.2. The highest BCUT2D eigenvalue weighted by atomic mass is 19.1. The number of para-hydroxylation sites is 1. The monoisotopic (exact) mass is 221 g/mol. The number of nitrogen functional groups attached to an aromatic ring is 1. The number of halogens is 2. The van der Waals surface area contributed by atoms with Gasteiger partial charge < -0.3 is 10.5 Å². The van der Waals surface area contributed by atoms with Crippen LogP contribution in [-0.4, -0.2) is 0 Å². The fraction of sp³-hybridized carbons (Fsp3) is 0. The van der Waals surface area contributed by atoms with Crippen molar-refractivity contribution in [1.29, 1.82) is 0 Å². The van der Waals surface area contributed by atoms with Crippen LogP contribution in [0.4, 0.5) is 14.5 Å². The molecule has 0 spiro atoms. The summed E-state index contributed by atoms with van der Waals surface area (Å²) >= 11 is 0. The van der Waals surface area contributed by atoms with E-state index in [0.29, 0.717) is 11.4 Å². The maximum Gasteiger partial charge on any atom is 0.198 e. The van der Waals surface area contributed by atoms with Gasteiger partial charge >= 0.3 is 0 Å². The number of nitrogens with two attached hydrogens (primary N) is 1. The summed E-state index contributed by atoms with van der Waals surface area (Å²) in [6.07, 6.45) is 0. The predicted molar refractivity (Wildman–Crippen MR) is 57.3 cm³/mol. The van der Waals surface area contributed by atoms with Gasteiger partial charge in [0.25, 0.3) is 0 Å². The van der Waals surface area contributed by atoms with Gasteiger partial charge in [-0.25, -0.2) is 8.78 Å². The summed E-state index contributed by atoms with van der Waals surface area (Å²) in [5.41, 5.74) is 5.99. The molecule has 0 saturated carbocycles. The largest absolute Gasteiger partial charge is 0.451 e. The Morgan fingerprint density at radius 3 is 2.19 bits per heavy atom. The van der Waals surface area contributed by atoms with Gasteiger partial charge in [-0.2, -0.15) is 0 Å². The zero-order valence-corrected chi connectivity index (χ0v) is 8.28. The third kappa shape index (κ3) is 2.11. The Morgan fingerprint density at radius 2 is 1.56 bits per heavy atom. The van der Waals surface area contributed by atoms with E-state index < -0.39 is 17.4 Å². The lowest BCUT2D eigenvalue weighted by molar-refractivity contribution is 0.407. The van der Waals surface area contributed by atoms with Crippen molar-refractivity contribution >= 4 is 5.69 Å². The average Bonchev–Trinajstić information content (AvgIpc) is 2.24. The van der Waals surface area contributed by atoms with E-state index in [0.717, 1.165) is 12.1 Å². The average molecular weight is 221 g/mol. The van der Waals surface area contributed by atoms with Crippen molar-refractivity contribution < 1.29 is 13.5 Å². The fourth-order valence-electron chi connectivity index (χ4n) is 1.28. The molecule has 0 atom stereocenters. The highest BCUT2D eigenvalue weighted by Crippen LogP contribution is 2.27. The Kier molecular flexibility index (Phi) is 2.72. The Morgan fingerprint density at radius 1 is 0.938 bits per heavy atom. The zero-order chi connectivity index (χ0) is 11.5. The Labute approximate surface area is 91.3 Å². The number of hydrogen-bond acceptors (Lipinski definition) is 2. The van der Waals surface area contributed by atoms with Crippen LogP contribution in [0.15, 0.2) is 42.5 Å². The van der Waals surface area contributed by atoms with Crippen molar-refractivity contribution in [3.63, 3.8) is 0 Å². The van der Waals surface area contributed by atoms with Gasteiger partial charge in [0, 0.05) is 11.8 Å². The maximum absolute atomic E-state index is 13.2. The van der Waals surface area contributed by atoms with Crippen molar-refractivity contribution in [1.82, 2.24) is 0 Å². The second-order valence-corrected chi connectivity index (χ2v) is 3.23. The van der Waals surface area contributed by atoms with E-state index in [-0.39, 0.29) is 0 Å². The van der Waals surface area contributed by atoms with Crippen LogP contribution in [0.1, 0.15) is 0 Å². The molecule has 0 saturated heterocycles. The molecule has 2 aromatic rings. The van der Waals surface area contributed by atoms with Crippen molar-refractivity contribution in [2.75, 3.05) is 5.73 Å². The molecule has 0 radical (unpaired) electrons. The summed E-state index contributed by atoms with van der Waals surface area (Å²) in [6.45, 7) is 0. The molecule has 0 fully saturated rings. The number of hydrogen-bond donors (Lipinski definition) is 1. The predicted octanol–water partition coefficient (Wildman–Crippen LogP) is 3.34.